The molecule has 68 valence electrons. The minimum Gasteiger partial charge on any atom is -0.369 e. The third kappa shape index (κ3) is 1.35. The van der Waals surface area contributed by atoms with Gasteiger partial charge in [-0.3, -0.25) is 0 Å². The summed E-state index contributed by atoms with van der Waals surface area (Å²) in [5, 5.41) is 11.1. The van der Waals surface area contributed by atoms with Gasteiger partial charge in [-0.15, -0.1) is 5.10 Å². The minimum atomic E-state index is 0.461. The predicted molar refractivity (Wildman–Crippen MR) is 44.5 cm³/mol. The number of nitrogen functional groups attached to an aromatic ring is 1. The highest BCUT2D eigenvalue weighted by Gasteiger charge is 2.04. The zero-order valence-corrected chi connectivity index (χ0v) is 7.12. The van der Waals surface area contributed by atoms with Crippen molar-refractivity contribution in [2.45, 2.75) is 6.54 Å². The summed E-state index contributed by atoms with van der Waals surface area (Å²) in [6.45, 7) is 0.537. The van der Waals surface area contributed by atoms with E-state index in [2.05, 4.69) is 20.5 Å². The lowest BCUT2D eigenvalue weighted by Gasteiger charge is -2.01. The molecule has 0 spiro atoms. The van der Waals surface area contributed by atoms with Crippen LogP contribution in [0.4, 0.5) is 5.95 Å². The topological polar surface area (TPSA) is 87.4 Å². The fraction of sp³-hybridized carbons (Fsp3) is 0.333. The first-order valence-electron chi connectivity index (χ1n) is 3.75. The fourth-order valence-electron chi connectivity index (χ4n) is 1.01. The normalized spacial score (nSPS) is 10.5. The molecule has 0 aliphatic carbocycles. The molecule has 0 fully saturated rings. The molecule has 7 nitrogen and oxygen atoms in total. The highest BCUT2D eigenvalue weighted by molar-refractivity contribution is 5.17. The van der Waals surface area contributed by atoms with Gasteiger partial charge in [0.15, 0.2) is 5.82 Å². The first-order valence-corrected chi connectivity index (χ1v) is 3.75. The van der Waals surface area contributed by atoms with E-state index in [1.165, 1.54) is 0 Å². The van der Waals surface area contributed by atoms with E-state index in [0.717, 1.165) is 5.82 Å². The van der Waals surface area contributed by atoms with E-state index in [0.29, 0.717) is 12.5 Å². The van der Waals surface area contributed by atoms with Crippen LogP contribution in [-0.2, 0) is 13.6 Å². The van der Waals surface area contributed by atoms with Crippen LogP contribution in [0.1, 0.15) is 5.82 Å². The van der Waals surface area contributed by atoms with Gasteiger partial charge < -0.3 is 10.3 Å². The van der Waals surface area contributed by atoms with Gasteiger partial charge in [-0.25, -0.2) is 9.67 Å². The Kier molecular flexibility index (Phi) is 1.69. The second-order valence-corrected chi connectivity index (χ2v) is 2.63. The number of nitrogens with two attached hydrogens (primary N) is 1. The Morgan fingerprint density at radius 3 is 2.92 bits per heavy atom. The standard InChI is InChI=1S/C6H9N7/c1-12-5(9-10-11-12)4-13-3-2-8-6(13)7/h2-3H,4H2,1H3,(H2,7,8). The van der Waals surface area contributed by atoms with Crippen molar-refractivity contribution in [3.8, 4) is 0 Å². The summed E-state index contributed by atoms with van der Waals surface area (Å²) in [5.74, 6) is 1.20. The molecule has 0 aromatic carbocycles. The van der Waals surface area contributed by atoms with Crippen LogP contribution in [0.5, 0.6) is 0 Å². The summed E-state index contributed by atoms with van der Waals surface area (Å²) in [4.78, 5) is 3.89. The molecule has 13 heavy (non-hydrogen) atoms. The van der Waals surface area contributed by atoms with Crippen molar-refractivity contribution in [1.29, 1.82) is 0 Å². The predicted octanol–water partition coefficient (Wildman–Crippen LogP) is -0.963. The molecule has 0 bridgehead atoms. The van der Waals surface area contributed by atoms with Crippen LogP contribution >= 0.6 is 0 Å². The number of nitrogens with zero attached hydrogens (tertiary/aromatic N) is 6. The molecule has 2 heterocycles. The molecule has 0 saturated heterocycles. The summed E-state index contributed by atoms with van der Waals surface area (Å²) < 4.78 is 3.37. The van der Waals surface area contributed by atoms with E-state index < -0.39 is 0 Å². The van der Waals surface area contributed by atoms with Gasteiger partial charge in [0.2, 0.25) is 5.95 Å². The number of imidazole rings is 1. The van der Waals surface area contributed by atoms with Crippen LogP contribution in [0.2, 0.25) is 0 Å². The third-order valence-electron chi connectivity index (χ3n) is 1.77. The van der Waals surface area contributed by atoms with E-state index in [9.17, 15) is 0 Å². The molecule has 0 aliphatic rings. The molecule has 0 atom stereocenters. The number of aromatic nitrogens is 6. The van der Waals surface area contributed by atoms with Crippen molar-refractivity contribution >= 4 is 5.95 Å². The molecule has 0 saturated carbocycles. The minimum absolute atomic E-state index is 0.461. The lowest BCUT2D eigenvalue weighted by atomic mass is 10.6. The molecule has 2 aromatic heterocycles. The number of anilines is 1. The van der Waals surface area contributed by atoms with E-state index >= 15 is 0 Å². The molecule has 0 amide bonds. The zero-order chi connectivity index (χ0) is 9.26. The first kappa shape index (κ1) is 7.71. The Bertz CT molecular complexity index is 362. The highest BCUT2D eigenvalue weighted by atomic mass is 15.5. The van der Waals surface area contributed by atoms with Crippen molar-refractivity contribution < 1.29 is 0 Å². The van der Waals surface area contributed by atoms with Gasteiger partial charge in [-0.05, 0) is 10.4 Å². The van der Waals surface area contributed by atoms with E-state index in [1.807, 2.05) is 0 Å². The molecule has 0 aliphatic heterocycles. The summed E-state index contributed by atoms with van der Waals surface area (Å²) in [6, 6.07) is 0. The molecule has 0 unspecified atom stereocenters. The average Bonchev–Trinajstić information content (AvgIpc) is 2.65. The number of aryl methyl sites for hydroxylation is 1. The third-order valence-corrected chi connectivity index (χ3v) is 1.77. The lowest BCUT2D eigenvalue weighted by Crippen LogP contribution is -2.08. The van der Waals surface area contributed by atoms with Crippen molar-refractivity contribution in [1.82, 2.24) is 29.8 Å². The maximum absolute atomic E-state index is 5.58. The van der Waals surface area contributed by atoms with Crippen molar-refractivity contribution in [2.24, 2.45) is 7.05 Å². The van der Waals surface area contributed by atoms with Crippen LogP contribution in [0, 0.1) is 0 Å². The fourth-order valence-corrected chi connectivity index (χ4v) is 1.01. The maximum atomic E-state index is 5.58. The van der Waals surface area contributed by atoms with Crippen molar-refractivity contribution in [2.75, 3.05) is 5.73 Å². The SMILES string of the molecule is Cn1nnnc1Cn1ccnc1N. The number of rotatable bonds is 2. The number of hydrogen-bond acceptors (Lipinski definition) is 5. The Hall–Kier alpha value is -1.92. The smallest absolute Gasteiger partial charge is 0.200 e. The Morgan fingerprint density at radius 2 is 2.38 bits per heavy atom. The molecule has 2 rings (SSSR count). The van der Waals surface area contributed by atoms with Crippen LogP contribution in [0.25, 0.3) is 0 Å². The summed E-state index contributed by atoms with van der Waals surface area (Å²) in [7, 11) is 1.78. The van der Waals surface area contributed by atoms with Crippen molar-refractivity contribution in [3.63, 3.8) is 0 Å². The van der Waals surface area contributed by atoms with Gasteiger partial charge in [-0.2, -0.15) is 0 Å². The van der Waals surface area contributed by atoms with Gasteiger partial charge in [-0.1, -0.05) is 0 Å². The number of tetrazole rings is 1. The van der Waals surface area contributed by atoms with Crippen LogP contribution in [0.15, 0.2) is 12.4 Å². The van der Waals surface area contributed by atoms with E-state index in [1.54, 1.807) is 28.7 Å². The summed E-state index contributed by atoms with van der Waals surface area (Å²) in [6.07, 6.45) is 3.42. The van der Waals surface area contributed by atoms with Crippen LogP contribution in [0.3, 0.4) is 0 Å². The summed E-state index contributed by atoms with van der Waals surface area (Å²) >= 11 is 0. The molecular formula is C6H9N7. The van der Waals surface area contributed by atoms with Crippen LogP contribution in [-0.4, -0.2) is 29.8 Å². The zero-order valence-electron chi connectivity index (χ0n) is 7.12. The summed E-state index contributed by atoms with van der Waals surface area (Å²) in [5.41, 5.74) is 5.58. The Balaban J connectivity index is 2.24. The van der Waals surface area contributed by atoms with Crippen LogP contribution < -0.4 is 5.73 Å². The molecule has 0 radical (unpaired) electrons. The van der Waals surface area contributed by atoms with Gasteiger partial charge in [0.05, 0.1) is 6.54 Å². The van der Waals surface area contributed by atoms with Gasteiger partial charge in [0, 0.05) is 19.4 Å². The van der Waals surface area contributed by atoms with E-state index in [-0.39, 0.29) is 0 Å². The first-order chi connectivity index (χ1) is 6.27. The van der Waals surface area contributed by atoms with Gasteiger partial charge >= 0.3 is 0 Å². The largest absolute Gasteiger partial charge is 0.369 e. The van der Waals surface area contributed by atoms with Gasteiger partial charge in [0.25, 0.3) is 0 Å². The van der Waals surface area contributed by atoms with Crippen molar-refractivity contribution in [3.05, 3.63) is 18.2 Å². The molecule has 2 aromatic rings. The monoisotopic (exact) mass is 179 g/mol. The maximum Gasteiger partial charge on any atom is 0.200 e. The second kappa shape index (κ2) is 2.85. The molecule has 7 heteroatoms. The second-order valence-electron chi connectivity index (χ2n) is 2.63. The lowest BCUT2D eigenvalue weighted by molar-refractivity contribution is 0.648. The number of hydrogen-bond donors (Lipinski definition) is 1. The molecule has 2 N–H and O–H groups in total. The highest BCUT2D eigenvalue weighted by Crippen LogP contribution is 2.01. The average molecular weight is 179 g/mol. The van der Waals surface area contributed by atoms with E-state index in [4.69, 9.17) is 5.73 Å². The Morgan fingerprint density at radius 1 is 1.54 bits per heavy atom. The quantitative estimate of drug-likeness (QED) is 0.641. The van der Waals surface area contributed by atoms with Gasteiger partial charge in [0.1, 0.15) is 0 Å². The Labute approximate surface area is 74.2 Å². The molecular weight excluding hydrogens is 170 g/mol.